The van der Waals surface area contributed by atoms with Crippen molar-refractivity contribution in [2.24, 2.45) is 5.92 Å². The molecule has 0 saturated carbocycles. The number of carbonyl (C=O) groups excluding carboxylic acids is 1. The number of carbonyl (C=O) groups is 1. The van der Waals surface area contributed by atoms with Crippen LogP contribution in [-0.2, 0) is 9.53 Å². The summed E-state index contributed by atoms with van der Waals surface area (Å²) in [5.41, 5.74) is 0. The van der Waals surface area contributed by atoms with Gasteiger partial charge < -0.3 is 4.74 Å². The maximum Gasteiger partial charge on any atom is 0.309 e. The molecule has 0 fully saturated rings. The molecule has 0 unspecified atom stereocenters. The van der Waals surface area contributed by atoms with Crippen LogP contribution < -0.4 is 0 Å². The predicted octanol–water partition coefficient (Wildman–Crippen LogP) is 5.45. The van der Waals surface area contributed by atoms with E-state index in [9.17, 15) is 4.79 Å². The van der Waals surface area contributed by atoms with Crippen LogP contribution in [-0.4, -0.2) is 24.6 Å². The maximum absolute atomic E-state index is 11.2. The van der Waals surface area contributed by atoms with Crippen LogP contribution in [0.4, 0.5) is 0 Å². The molecular weight excluding hydrogens is 268 g/mol. The summed E-state index contributed by atoms with van der Waals surface area (Å²) in [4.78, 5) is 11.2. The average molecular weight is 303 g/mol. The number of hydrogen-bond donors (Lipinski definition) is 0. The summed E-state index contributed by atoms with van der Waals surface area (Å²) in [5, 5.41) is 0. The van der Waals surface area contributed by atoms with Crippen molar-refractivity contribution >= 4 is 17.7 Å². The molecule has 0 aliphatic carbocycles. The fraction of sp³-hybridized carbons (Fsp3) is 0.941. The molecule has 0 saturated heterocycles. The predicted molar refractivity (Wildman–Crippen MR) is 90.3 cm³/mol. The van der Waals surface area contributed by atoms with Crippen molar-refractivity contribution in [2.45, 2.75) is 78.1 Å². The Balaban J connectivity index is 3.11. The van der Waals surface area contributed by atoms with Gasteiger partial charge in [-0.15, -0.1) is 0 Å². The fourth-order valence-corrected chi connectivity index (χ4v) is 3.29. The normalized spacial score (nSPS) is 12.3. The molecule has 0 aliphatic rings. The maximum atomic E-state index is 11.2. The summed E-state index contributed by atoms with van der Waals surface area (Å²) in [5.74, 6) is 2.02. The van der Waals surface area contributed by atoms with Gasteiger partial charge in [-0.25, -0.2) is 0 Å². The highest BCUT2D eigenvalue weighted by atomic mass is 32.2. The molecule has 3 heteroatoms. The molecule has 0 spiro atoms. The Bertz CT molecular complexity index is 219. The highest BCUT2D eigenvalue weighted by Gasteiger charge is 2.12. The monoisotopic (exact) mass is 302 g/mol. The van der Waals surface area contributed by atoms with E-state index in [0.717, 1.165) is 5.75 Å². The van der Waals surface area contributed by atoms with Crippen molar-refractivity contribution in [3.8, 4) is 0 Å². The second-order valence-corrected chi connectivity index (χ2v) is 6.83. The van der Waals surface area contributed by atoms with Crippen molar-refractivity contribution in [1.82, 2.24) is 0 Å². The summed E-state index contributed by atoms with van der Waals surface area (Å²) in [6, 6.07) is 0. The van der Waals surface area contributed by atoms with E-state index < -0.39 is 0 Å². The third-order valence-electron chi connectivity index (χ3n) is 3.61. The van der Waals surface area contributed by atoms with Crippen LogP contribution in [0.3, 0.4) is 0 Å². The lowest BCUT2D eigenvalue weighted by molar-refractivity contribution is -0.143. The van der Waals surface area contributed by atoms with Gasteiger partial charge in [0, 0.05) is 5.75 Å². The van der Waals surface area contributed by atoms with Gasteiger partial charge in [0.05, 0.1) is 13.0 Å². The van der Waals surface area contributed by atoms with Crippen LogP contribution in [0.15, 0.2) is 0 Å². The first-order valence-electron chi connectivity index (χ1n) is 8.38. The van der Waals surface area contributed by atoms with Crippen LogP contribution in [0.25, 0.3) is 0 Å². The van der Waals surface area contributed by atoms with Crippen molar-refractivity contribution in [1.29, 1.82) is 0 Å². The van der Waals surface area contributed by atoms with E-state index in [1.165, 1.54) is 77.1 Å². The summed E-state index contributed by atoms with van der Waals surface area (Å²) < 4.78 is 4.72. The molecule has 2 nitrogen and oxygen atoms in total. The van der Waals surface area contributed by atoms with E-state index in [1.807, 2.05) is 18.7 Å². The van der Waals surface area contributed by atoms with Gasteiger partial charge in [-0.1, -0.05) is 71.6 Å². The zero-order valence-electron chi connectivity index (χ0n) is 13.8. The molecule has 0 aromatic heterocycles. The SMILES string of the molecule is CCCCCCCCCCCCSC[C@H](C)C(=O)OC. The third kappa shape index (κ3) is 12.8. The quantitative estimate of drug-likeness (QED) is 0.315. The number of methoxy groups -OCH3 is 1. The van der Waals surface area contributed by atoms with E-state index in [4.69, 9.17) is 4.74 Å². The molecule has 0 heterocycles. The third-order valence-corrected chi connectivity index (χ3v) is 4.93. The molecule has 0 aromatic carbocycles. The van der Waals surface area contributed by atoms with Crippen molar-refractivity contribution in [2.75, 3.05) is 18.6 Å². The van der Waals surface area contributed by atoms with Crippen LogP contribution >= 0.6 is 11.8 Å². The van der Waals surface area contributed by atoms with Gasteiger partial charge in [-0.05, 0) is 12.2 Å². The van der Waals surface area contributed by atoms with E-state index in [2.05, 4.69) is 6.92 Å². The van der Waals surface area contributed by atoms with Gasteiger partial charge in [0.2, 0.25) is 0 Å². The smallest absolute Gasteiger partial charge is 0.309 e. The Morgan fingerprint density at radius 3 is 1.95 bits per heavy atom. The first-order chi connectivity index (χ1) is 9.72. The number of esters is 1. The first kappa shape index (κ1) is 19.8. The minimum absolute atomic E-state index is 0.0353. The molecule has 0 rings (SSSR count). The number of unbranched alkanes of at least 4 members (excludes halogenated alkanes) is 9. The molecule has 0 aromatic rings. The van der Waals surface area contributed by atoms with Gasteiger partial charge in [0.25, 0.3) is 0 Å². The molecular formula is C17H34O2S. The Hall–Kier alpha value is -0.180. The van der Waals surface area contributed by atoms with Gasteiger partial charge in [0.15, 0.2) is 0 Å². The summed E-state index contributed by atoms with van der Waals surface area (Å²) in [7, 11) is 1.46. The van der Waals surface area contributed by atoms with Crippen molar-refractivity contribution in [3.05, 3.63) is 0 Å². The summed E-state index contributed by atoms with van der Waals surface area (Å²) in [6.07, 6.45) is 13.8. The van der Waals surface area contributed by atoms with Crippen molar-refractivity contribution < 1.29 is 9.53 Å². The molecule has 20 heavy (non-hydrogen) atoms. The minimum Gasteiger partial charge on any atom is -0.469 e. The number of hydrogen-bond acceptors (Lipinski definition) is 3. The Kier molecular flexibility index (Phi) is 15.1. The van der Waals surface area contributed by atoms with Crippen LogP contribution in [0.5, 0.6) is 0 Å². The number of thioether (sulfide) groups is 1. The van der Waals surface area contributed by atoms with Crippen LogP contribution in [0.2, 0.25) is 0 Å². The Morgan fingerprint density at radius 2 is 1.45 bits per heavy atom. The molecule has 0 N–H and O–H groups in total. The average Bonchev–Trinajstić information content (AvgIpc) is 2.47. The molecule has 1 atom stereocenters. The molecule has 0 radical (unpaired) electrons. The lowest BCUT2D eigenvalue weighted by atomic mass is 10.1. The largest absolute Gasteiger partial charge is 0.469 e. The molecule has 120 valence electrons. The van der Waals surface area contributed by atoms with Gasteiger partial charge in [-0.3, -0.25) is 4.79 Å². The van der Waals surface area contributed by atoms with Crippen LogP contribution in [0, 0.1) is 5.92 Å². The zero-order chi connectivity index (χ0) is 15.1. The second kappa shape index (κ2) is 15.2. The van der Waals surface area contributed by atoms with E-state index in [-0.39, 0.29) is 11.9 Å². The highest BCUT2D eigenvalue weighted by molar-refractivity contribution is 7.99. The van der Waals surface area contributed by atoms with Gasteiger partial charge in [0.1, 0.15) is 0 Å². The summed E-state index contributed by atoms with van der Waals surface area (Å²) >= 11 is 1.88. The highest BCUT2D eigenvalue weighted by Crippen LogP contribution is 2.14. The lowest BCUT2D eigenvalue weighted by Crippen LogP contribution is -2.15. The zero-order valence-corrected chi connectivity index (χ0v) is 14.6. The lowest BCUT2D eigenvalue weighted by Gasteiger charge is -2.08. The van der Waals surface area contributed by atoms with Gasteiger partial charge in [-0.2, -0.15) is 11.8 Å². The van der Waals surface area contributed by atoms with E-state index >= 15 is 0 Å². The number of ether oxygens (including phenoxy) is 1. The Labute approximate surface area is 130 Å². The van der Waals surface area contributed by atoms with E-state index in [0.29, 0.717) is 0 Å². The fourth-order valence-electron chi connectivity index (χ4n) is 2.22. The summed E-state index contributed by atoms with van der Waals surface area (Å²) in [6.45, 7) is 4.21. The van der Waals surface area contributed by atoms with Crippen LogP contribution in [0.1, 0.15) is 78.1 Å². The van der Waals surface area contributed by atoms with Crippen molar-refractivity contribution in [3.63, 3.8) is 0 Å². The standard InChI is InChI=1S/C17H34O2S/c1-4-5-6-7-8-9-10-11-12-13-14-20-15-16(2)17(18)19-3/h16H,4-15H2,1-3H3/t16-/m0/s1. The molecule has 0 aliphatic heterocycles. The topological polar surface area (TPSA) is 26.3 Å². The first-order valence-corrected chi connectivity index (χ1v) is 9.53. The minimum atomic E-state index is -0.0828. The molecule has 0 amide bonds. The Morgan fingerprint density at radius 1 is 0.950 bits per heavy atom. The second-order valence-electron chi connectivity index (χ2n) is 5.68. The molecule has 0 bridgehead atoms. The van der Waals surface area contributed by atoms with E-state index in [1.54, 1.807) is 0 Å². The number of rotatable bonds is 14. The van der Waals surface area contributed by atoms with Gasteiger partial charge >= 0.3 is 5.97 Å².